The van der Waals surface area contributed by atoms with Crippen LogP contribution in [0.15, 0.2) is 42.5 Å². The van der Waals surface area contributed by atoms with E-state index in [0.717, 1.165) is 24.2 Å². The first-order chi connectivity index (χ1) is 11.7. The van der Waals surface area contributed by atoms with Crippen LogP contribution in [-0.4, -0.2) is 35.2 Å². The van der Waals surface area contributed by atoms with Crippen molar-refractivity contribution in [1.82, 2.24) is 10.2 Å². The number of rotatable bonds is 2. The van der Waals surface area contributed by atoms with E-state index >= 15 is 0 Å². The normalized spacial score (nSPS) is 18.5. The van der Waals surface area contributed by atoms with Crippen LogP contribution in [0.5, 0.6) is 11.5 Å². The third-order valence-corrected chi connectivity index (χ3v) is 4.68. The molecule has 2 aromatic rings. The van der Waals surface area contributed by atoms with Crippen LogP contribution in [0.2, 0.25) is 0 Å². The number of hydrogen-bond acceptors (Lipinski definition) is 3. The van der Waals surface area contributed by atoms with Gasteiger partial charge in [0.15, 0.2) is 0 Å². The van der Waals surface area contributed by atoms with Crippen molar-refractivity contribution in [2.24, 2.45) is 0 Å². The van der Waals surface area contributed by atoms with Crippen molar-refractivity contribution in [3.63, 3.8) is 0 Å². The number of aromatic hydroxyl groups is 1. The number of benzene rings is 2. The fourth-order valence-electron chi connectivity index (χ4n) is 3.40. The third-order valence-electron chi connectivity index (χ3n) is 4.68. The number of ether oxygens (including phenoxy) is 1. The predicted octanol–water partition coefficient (Wildman–Crippen LogP) is 2.46. The van der Waals surface area contributed by atoms with Crippen LogP contribution < -0.4 is 10.1 Å². The van der Waals surface area contributed by atoms with E-state index in [2.05, 4.69) is 11.4 Å². The number of nitrogens with one attached hydrogen (secondary N) is 1. The quantitative estimate of drug-likeness (QED) is 0.892. The van der Waals surface area contributed by atoms with Crippen molar-refractivity contribution in [3.05, 3.63) is 59.2 Å². The van der Waals surface area contributed by atoms with Crippen molar-refractivity contribution >= 4 is 6.03 Å². The Balaban J connectivity index is 1.33. The van der Waals surface area contributed by atoms with E-state index in [1.165, 1.54) is 11.1 Å². The summed E-state index contributed by atoms with van der Waals surface area (Å²) in [5.41, 5.74) is 3.41. The number of hydrogen-bond donors (Lipinski definition) is 2. The average Bonchev–Trinajstić information content (AvgIpc) is 3.02. The molecule has 0 saturated heterocycles. The lowest BCUT2D eigenvalue weighted by atomic mass is 10.00. The van der Waals surface area contributed by atoms with Gasteiger partial charge < -0.3 is 20.1 Å². The molecule has 2 aromatic carbocycles. The molecule has 2 N–H and O–H groups in total. The Bertz CT molecular complexity index is 750. The van der Waals surface area contributed by atoms with Gasteiger partial charge in [0.25, 0.3) is 0 Å². The molecule has 0 bridgehead atoms. The van der Waals surface area contributed by atoms with E-state index in [9.17, 15) is 9.90 Å². The summed E-state index contributed by atoms with van der Waals surface area (Å²) in [6.45, 7) is 1.72. The van der Waals surface area contributed by atoms with Crippen LogP contribution in [0.25, 0.3) is 0 Å². The van der Waals surface area contributed by atoms with Crippen molar-refractivity contribution in [1.29, 1.82) is 0 Å². The van der Waals surface area contributed by atoms with Gasteiger partial charge in [-0.25, -0.2) is 4.79 Å². The minimum absolute atomic E-state index is 0.00697. The molecule has 5 heteroatoms. The number of fused-ring (bicyclic) bond motifs is 2. The van der Waals surface area contributed by atoms with Gasteiger partial charge in [-0.3, -0.25) is 0 Å². The first-order valence-corrected chi connectivity index (χ1v) is 8.27. The van der Waals surface area contributed by atoms with Crippen LogP contribution in [-0.2, 0) is 19.4 Å². The van der Waals surface area contributed by atoms with Gasteiger partial charge in [0.1, 0.15) is 17.6 Å². The smallest absolute Gasteiger partial charge is 0.317 e. The van der Waals surface area contributed by atoms with Crippen molar-refractivity contribution < 1.29 is 14.6 Å². The van der Waals surface area contributed by atoms with Gasteiger partial charge in [-0.05, 0) is 41.3 Å². The zero-order valence-corrected chi connectivity index (χ0v) is 13.4. The Hall–Kier alpha value is -2.69. The Kier molecular flexibility index (Phi) is 3.76. The minimum atomic E-state index is -0.0800. The van der Waals surface area contributed by atoms with Gasteiger partial charge in [-0.15, -0.1) is 0 Å². The van der Waals surface area contributed by atoms with Gasteiger partial charge in [0.2, 0.25) is 0 Å². The maximum Gasteiger partial charge on any atom is 0.317 e. The van der Waals surface area contributed by atoms with E-state index in [0.29, 0.717) is 19.6 Å². The van der Waals surface area contributed by atoms with Crippen LogP contribution in [0.4, 0.5) is 4.79 Å². The fraction of sp³-hybridized carbons (Fsp3) is 0.316. The molecule has 5 nitrogen and oxygen atoms in total. The molecule has 1 atom stereocenters. The summed E-state index contributed by atoms with van der Waals surface area (Å²) >= 11 is 0. The predicted molar refractivity (Wildman–Crippen MR) is 90.2 cm³/mol. The van der Waals surface area contributed by atoms with Crippen LogP contribution in [0, 0.1) is 0 Å². The van der Waals surface area contributed by atoms with Gasteiger partial charge in [0, 0.05) is 19.5 Å². The summed E-state index contributed by atoms with van der Waals surface area (Å²) in [7, 11) is 0. The molecule has 0 radical (unpaired) electrons. The van der Waals surface area contributed by atoms with Crippen LogP contribution in [0.1, 0.15) is 16.7 Å². The molecule has 0 unspecified atom stereocenters. The SMILES string of the molecule is O=C(NC[C@@H]1Cc2ccccc2O1)N1CCc2ccc(O)cc2C1. The Morgan fingerprint density at radius 1 is 1.21 bits per heavy atom. The number of para-hydroxylation sites is 1. The molecular weight excluding hydrogens is 304 g/mol. The van der Waals surface area contributed by atoms with Gasteiger partial charge in [-0.2, -0.15) is 0 Å². The van der Waals surface area contributed by atoms with E-state index in [1.807, 2.05) is 24.3 Å². The topological polar surface area (TPSA) is 61.8 Å². The molecule has 4 rings (SSSR count). The Morgan fingerprint density at radius 2 is 2.08 bits per heavy atom. The maximum atomic E-state index is 12.4. The van der Waals surface area contributed by atoms with Gasteiger partial charge >= 0.3 is 6.03 Å². The molecule has 2 aliphatic heterocycles. The van der Waals surface area contributed by atoms with E-state index < -0.39 is 0 Å². The molecule has 2 amide bonds. The standard InChI is InChI=1S/C19H20N2O3/c22-16-6-5-13-7-8-21(12-15(13)9-16)19(23)20-11-17-10-14-3-1-2-4-18(14)24-17/h1-6,9,17,22H,7-8,10-12H2,(H,20,23)/t17-/m0/s1. The number of phenols is 1. The fourth-order valence-corrected chi connectivity index (χ4v) is 3.40. The number of amides is 2. The first kappa shape index (κ1) is 14.9. The Morgan fingerprint density at radius 3 is 2.96 bits per heavy atom. The molecule has 2 aliphatic rings. The molecule has 24 heavy (non-hydrogen) atoms. The van der Waals surface area contributed by atoms with Crippen molar-refractivity contribution in [2.45, 2.75) is 25.5 Å². The van der Waals surface area contributed by atoms with Crippen molar-refractivity contribution in [3.8, 4) is 11.5 Å². The molecular formula is C19H20N2O3. The highest BCUT2D eigenvalue weighted by Crippen LogP contribution is 2.28. The highest BCUT2D eigenvalue weighted by atomic mass is 16.5. The summed E-state index contributed by atoms with van der Waals surface area (Å²) in [6.07, 6.45) is 1.63. The highest BCUT2D eigenvalue weighted by Gasteiger charge is 2.25. The summed E-state index contributed by atoms with van der Waals surface area (Å²) in [6, 6.07) is 13.3. The molecule has 0 fully saturated rings. The number of urea groups is 1. The minimum Gasteiger partial charge on any atom is -0.508 e. The van der Waals surface area contributed by atoms with Crippen LogP contribution in [0.3, 0.4) is 0 Å². The van der Waals surface area contributed by atoms with Crippen molar-refractivity contribution in [2.75, 3.05) is 13.1 Å². The second-order valence-corrected chi connectivity index (χ2v) is 6.36. The van der Waals surface area contributed by atoms with Gasteiger partial charge in [-0.1, -0.05) is 24.3 Å². The monoisotopic (exact) mass is 324 g/mol. The molecule has 0 aromatic heterocycles. The first-order valence-electron chi connectivity index (χ1n) is 8.27. The van der Waals surface area contributed by atoms with E-state index in [1.54, 1.807) is 17.0 Å². The number of nitrogens with zero attached hydrogens (tertiary/aromatic N) is 1. The van der Waals surface area contributed by atoms with Crippen LogP contribution >= 0.6 is 0 Å². The molecule has 0 spiro atoms. The maximum absolute atomic E-state index is 12.4. The largest absolute Gasteiger partial charge is 0.508 e. The molecule has 2 heterocycles. The molecule has 0 aliphatic carbocycles. The lowest BCUT2D eigenvalue weighted by Crippen LogP contribution is -2.45. The molecule has 0 saturated carbocycles. The summed E-state index contributed by atoms with van der Waals surface area (Å²) in [4.78, 5) is 14.2. The second kappa shape index (κ2) is 6.07. The van der Waals surface area contributed by atoms with E-state index in [4.69, 9.17) is 4.74 Å². The zero-order chi connectivity index (χ0) is 16.5. The second-order valence-electron chi connectivity index (χ2n) is 6.36. The third kappa shape index (κ3) is 2.89. The summed E-state index contributed by atoms with van der Waals surface area (Å²) in [5.74, 6) is 1.16. The lowest BCUT2D eigenvalue weighted by molar-refractivity contribution is 0.180. The molecule has 124 valence electrons. The number of carbonyl (C=O) groups excluding carboxylic acids is 1. The Labute approximate surface area is 140 Å². The summed E-state index contributed by atoms with van der Waals surface area (Å²) in [5, 5.41) is 12.6. The highest BCUT2D eigenvalue weighted by molar-refractivity contribution is 5.74. The summed E-state index contributed by atoms with van der Waals surface area (Å²) < 4.78 is 5.85. The lowest BCUT2D eigenvalue weighted by Gasteiger charge is -2.29. The number of phenolic OH excluding ortho intramolecular Hbond substituents is 1. The number of carbonyl (C=O) groups is 1. The zero-order valence-electron chi connectivity index (χ0n) is 13.4. The average molecular weight is 324 g/mol. The van der Waals surface area contributed by atoms with E-state index in [-0.39, 0.29) is 17.9 Å². The van der Waals surface area contributed by atoms with Gasteiger partial charge in [0.05, 0.1) is 6.54 Å².